The number of hydrogen-bond acceptors (Lipinski definition) is 4. The Hall–Kier alpha value is -2.87. The molecule has 3 aromatic rings. The lowest BCUT2D eigenvalue weighted by molar-refractivity contribution is 0.0613. The molecule has 2 aromatic heterocycles. The van der Waals surface area contributed by atoms with Crippen LogP contribution in [0.4, 0.5) is 4.79 Å². The Labute approximate surface area is 162 Å². The predicted octanol–water partition coefficient (Wildman–Crippen LogP) is 2.20. The van der Waals surface area contributed by atoms with Gasteiger partial charge in [-0.25, -0.2) is 14.2 Å². The highest BCUT2D eigenvalue weighted by atomic mass is 16.5. The van der Waals surface area contributed by atoms with Crippen molar-refractivity contribution in [1.82, 2.24) is 24.2 Å². The Morgan fingerprint density at radius 1 is 1.25 bits per heavy atom. The maximum atomic E-state index is 13.1. The van der Waals surface area contributed by atoms with E-state index in [1.807, 2.05) is 37.4 Å². The molecule has 148 valence electrons. The van der Waals surface area contributed by atoms with E-state index in [-0.39, 0.29) is 5.69 Å². The number of ether oxygens (including phenoxy) is 1. The molecule has 1 aliphatic rings. The van der Waals surface area contributed by atoms with Gasteiger partial charge in [0.05, 0.1) is 17.2 Å². The van der Waals surface area contributed by atoms with Crippen molar-refractivity contribution in [2.45, 2.75) is 39.4 Å². The van der Waals surface area contributed by atoms with Crippen molar-refractivity contribution < 1.29 is 9.53 Å². The molecule has 0 unspecified atom stereocenters. The van der Waals surface area contributed by atoms with E-state index in [1.54, 1.807) is 15.4 Å². The van der Waals surface area contributed by atoms with Crippen molar-refractivity contribution >= 4 is 17.1 Å². The number of carbonyl (C=O) groups is 1. The minimum Gasteiger partial charge on any atom is -0.381 e. The van der Waals surface area contributed by atoms with E-state index in [0.29, 0.717) is 24.5 Å². The molecule has 28 heavy (non-hydrogen) atoms. The highest BCUT2D eigenvalue weighted by Gasteiger charge is 2.21. The Balaban J connectivity index is 1.59. The van der Waals surface area contributed by atoms with Gasteiger partial charge in [-0.15, -0.1) is 0 Å². The first-order valence-corrected chi connectivity index (χ1v) is 9.75. The Morgan fingerprint density at radius 2 is 2.00 bits per heavy atom. The van der Waals surface area contributed by atoms with Crippen molar-refractivity contribution in [2.75, 3.05) is 13.2 Å². The maximum Gasteiger partial charge on any atom is 0.337 e. The number of para-hydroxylation sites is 2. The van der Waals surface area contributed by atoms with Crippen LogP contribution in [0.15, 0.2) is 41.5 Å². The van der Waals surface area contributed by atoms with E-state index < -0.39 is 6.03 Å². The normalized spacial score (nSPS) is 15.2. The summed E-state index contributed by atoms with van der Waals surface area (Å²) in [7, 11) is 0. The van der Waals surface area contributed by atoms with Gasteiger partial charge in [0.2, 0.25) is 0 Å². The molecule has 0 atom stereocenters. The van der Waals surface area contributed by atoms with Gasteiger partial charge < -0.3 is 10.1 Å². The van der Waals surface area contributed by atoms with Gasteiger partial charge >= 0.3 is 11.7 Å². The van der Waals surface area contributed by atoms with E-state index in [9.17, 15) is 9.59 Å². The number of nitrogens with one attached hydrogen (secondary N) is 1. The molecule has 1 aliphatic heterocycles. The number of aryl methyl sites for hydroxylation is 1. The van der Waals surface area contributed by atoms with Crippen LogP contribution >= 0.6 is 0 Å². The van der Waals surface area contributed by atoms with Gasteiger partial charge in [-0.2, -0.15) is 5.10 Å². The molecule has 1 amide bonds. The first kappa shape index (κ1) is 18.5. The number of nitrogens with zero attached hydrogens (tertiary/aromatic N) is 4. The number of imidazole rings is 1. The third-order valence-corrected chi connectivity index (χ3v) is 5.27. The second-order valence-electron chi connectivity index (χ2n) is 7.14. The number of benzene rings is 1. The van der Waals surface area contributed by atoms with Crippen LogP contribution in [0, 0.1) is 5.92 Å². The van der Waals surface area contributed by atoms with E-state index in [0.717, 1.165) is 43.7 Å². The Bertz CT molecular complexity index is 1030. The molecule has 1 aromatic carbocycles. The summed E-state index contributed by atoms with van der Waals surface area (Å²) in [5.74, 6) is 0.383. The summed E-state index contributed by atoms with van der Waals surface area (Å²) in [5, 5.41) is 7.04. The molecule has 8 heteroatoms. The van der Waals surface area contributed by atoms with Crippen LogP contribution in [0.2, 0.25) is 0 Å². The van der Waals surface area contributed by atoms with Gasteiger partial charge in [0.1, 0.15) is 0 Å². The zero-order chi connectivity index (χ0) is 19.5. The smallest absolute Gasteiger partial charge is 0.337 e. The lowest BCUT2D eigenvalue weighted by atomic mass is 10.0. The molecule has 8 nitrogen and oxygen atoms in total. The van der Waals surface area contributed by atoms with E-state index >= 15 is 0 Å². The number of aromatic nitrogens is 4. The minimum atomic E-state index is -0.420. The molecule has 1 saturated heterocycles. The molecule has 0 spiro atoms. The van der Waals surface area contributed by atoms with Crippen molar-refractivity contribution in [3.8, 4) is 0 Å². The number of rotatable bonds is 5. The van der Waals surface area contributed by atoms with Crippen LogP contribution in [0.1, 0.15) is 25.3 Å². The van der Waals surface area contributed by atoms with Crippen LogP contribution < -0.4 is 11.0 Å². The minimum absolute atomic E-state index is 0.297. The fourth-order valence-electron chi connectivity index (χ4n) is 3.70. The highest BCUT2D eigenvalue weighted by molar-refractivity contribution is 5.89. The first-order valence-electron chi connectivity index (χ1n) is 9.75. The Kier molecular flexibility index (Phi) is 5.29. The van der Waals surface area contributed by atoms with E-state index in [1.165, 1.54) is 4.57 Å². The van der Waals surface area contributed by atoms with Crippen LogP contribution in [-0.4, -0.2) is 38.2 Å². The molecule has 1 N–H and O–H groups in total. The fraction of sp³-hybridized carbons (Fsp3) is 0.450. The van der Waals surface area contributed by atoms with Gasteiger partial charge in [-0.3, -0.25) is 9.25 Å². The second kappa shape index (κ2) is 8.02. The van der Waals surface area contributed by atoms with Gasteiger partial charge in [0.25, 0.3) is 0 Å². The zero-order valence-electron chi connectivity index (χ0n) is 16.0. The molecular weight excluding hydrogens is 358 g/mol. The summed E-state index contributed by atoms with van der Waals surface area (Å²) >= 11 is 0. The number of fused-ring (bicyclic) bond motifs is 1. The van der Waals surface area contributed by atoms with Crippen molar-refractivity contribution in [3.63, 3.8) is 0 Å². The molecular formula is C20H25N5O3. The van der Waals surface area contributed by atoms with Crippen molar-refractivity contribution in [3.05, 3.63) is 52.7 Å². The third kappa shape index (κ3) is 3.60. The van der Waals surface area contributed by atoms with Gasteiger partial charge in [0, 0.05) is 44.6 Å². The quantitative estimate of drug-likeness (QED) is 0.732. The predicted molar refractivity (Wildman–Crippen MR) is 105 cm³/mol. The van der Waals surface area contributed by atoms with Crippen molar-refractivity contribution in [1.29, 1.82) is 0 Å². The van der Waals surface area contributed by atoms with Gasteiger partial charge in [0.15, 0.2) is 0 Å². The molecule has 4 rings (SSSR count). The SMILES string of the molecule is CCn1cc(CNC(=O)n2c(=O)n(CC3CCOCC3)c3ccccc32)cn1. The number of carbonyl (C=O) groups excluding carboxylic acids is 1. The zero-order valence-corrected chi connectivity index (χ0v) is 16.0. The highest BCUT2D eigenvalue weighted by Crippen LogP contribution is 2.20. The van der Waals surface area contributed by atoms with E-state index in [4.69, 9.17) is 4.74 Å². The third-order valence-electron chi connectivity index (χ3n) is 5.27. The van der Waals surface area contributed by atoms with Crippen LogP contribution in [0.3, 0.4) is 0 Å². The summed E-state index contributed by atoms with van der Waals surface area (Å²) in [5.41, 5.74) is 2.01. The summed E-state index contributed by atoms with van der Waals surface area (Å²) in [6.07, 6.45) is 5.47. The standard InChI is InChI=1S/C20H25N5O3/c1-2-23-13-16(12-22-23)11-21-19(26)25-18-6-4-3-5-17(18)24(20(25)27)14-15-7-9-28-10-8-15/h3-6,12-13,15H,2,7-11,14H2,1H3,(H,21,26). The number of amides is 1. The monoisotopic (exact) mass is 383 g/mol. The summed E-state index contributed by atoms with van der Waals surface area (Å²) in [4.78, 5) is 25.9. The summed E-state index contributed by atoms with van der Waals surface area (Å²) < 4.78 is 10.2. The molecule has 3 heterocycles. The fourth-order valence-corrected chi connectivity index (χ4v) is 3.70. The van der Waals surface area contributed by atoms with Gasteiger partial charge in [-0.1, -0.05) is 12.1 Å². The largest absolute Gasteiger partial charge is 0.381 e. The second-order valence-corrected chi connectivity index (χ2v) is 7.14. The van der Waals surface area contributed by atoms with Crippen LogP contribution in [0.5, 0.6) is 0 Å². The van der Waals surface area contributed by atoms with Crippen molar-refractivity contribution in [2.24, 2.45) is 5.92 Å². The lowest BCUT2D eigenvalue weighted by Gasteiger charge is -2.22. The Morgan fingerprint density at radius 3 is 2.71 bits per heavy atom. The van der Waals surface area contributed by atoms with Gasteiger partial charge in [-0.05, 0) is 37.8 Å². The molecule has 0 radical (unpaired) electrons. The molecule has 0 saturated carbocycles. The van der Waals surface area contributed by atoms with E-state index in [2.05, 4.69) is 10.4 Å². The maximum absolute atomic E-state index is 13.1. The average molecular weight is 383 g/mol. The van der Waals surface area contributed by atoms with Crippen LogP contribution in [-0.2, 0) is 24.4 Å². The lowest BCUT2D eigenvalue weighted by Crippen LogP contribution is -2.37. The van der Waals surface area contributed by atoms with Crippen LogP contribution in [0.25, 0.3) is 11.0 Å². The summed E-state index contributed by atoms with van der Waals surface area (Å²) in [6.45, 7) is 5.15. The molecule has 0 aliphatic carbocycles. The molecule has 0 bridgehead atoms. The average Bonchev–Trinajstić information content (AvgIpc) is 3.30. The number of hydrogen-bond donors (Lipinski definition) is 1. The first-order chi connectivity index (χ1) is 13.7. The topological polar surface area (TPSA) is 83.1 Å². The molecule has 1 fully saturated rings. The summed E-state index contributed by atoms with van der Waals surface area (Å²) in [6, 6.07) is 7.02.